The Hall–Kier alpha value is -1.34. The zero-order chi connectivity index (χ0) is 19.0. The predicted molar refractivity (Wildman–Crippen MR) is 99.6 cm³/mol. The average Bonchev–Trinajstić information content (AvgIpc) is 2.56. The van der Waals surface area contributed by atoms with E-state index < -0.39 is 15.1 Å². The fraction of sp³-hybridized carbons (Fsp3) is 0.647. The second-order valence-corrected chi connectivity index (χ2v) is 9.03. The zero-order valence-corrected chi connectivity index (χ0v) is 16.4. The van der Waals surface area contributed by atoms with Crippen molar-refractivity contribution in [3.05, 3.63) is 22.9 Å². The summed E-state index contributed by atoms with van der Waals surface area (Å²) in [5.41, 5.74) is 1.89. The van der Waals surface area contributed by atoms with Crippen LogP contribution in [0, 0.1) is 5.92 Å². The quantitative estimate of drug-likeness (QED) is 0.368. The van der Waals surface area contributed by atoms with Crippen LogP contribution in [0.4, 0.5) is 0 Å². The lowest BCUT2D eigenvalue weighted by molar-refractivity contribution is -0.116. The first-order valence-corrected chi connectivity index (χ1v) is 10.5. The Labute approximate surface area is 154 Å². The minimum atomic E-state index is -3.15. The number of halogens is 1. The molecular weight excluding hydrogens is 366 g/mol. The fourth-order valence-electron chi connectivity index (χ4n) is 2.85. The number of rotatable bonds is 9. The third kappa shape index (κ3) is 6.15. The molecule has 6 nitrogen and oxygen atoms in total. The first-order valence-electron chi connectivity index (χ1n) is 8.38. The summed E-state index contributed by atoms with van der Waals surface area (Å²) in [5.74, 6) is -0.389. The SMILES string of the molecule is CC/C(=N/OC/C=C/Cl)C1=C(O)C[C@@H](C[C@@H](C)S(=O)(=O)CC)CC1=O. The molecule has 25 heavy (non-hydrogen) atoms. The van der Waals surface area contributed by atoms with Crippen molar-refractivity contribution in [1.82, 2.24) is 0 Å². The van der Waals surface area contributed by atoms with E-state index in [0.29, 0.717) is 18.6 Å². The summed E-state index contributed by atoms with van der Waals surface area (Å²) in [7, 11) is -3.15. The normalized spacial score (nSPS) is 21.0. The summed E-state index contributed by atoms with van der Waals surface area (Å²) in [6, 6.07) is 0. The summed E-state index contributed by atoms with van der Waals surface area (Å²) in [6.07, 6.45) is 2.81. The first kappa shape index (κ1) is 21.7. The van der Waals surface area contributed by atoms with E-state index in [4.69, 9.17) is 16.4 Å². The highest BCUT2D eigenvalue weighted by atomic mass is 35.5. The Bertz CT molecular complexity index is 667. The number of sulfone groups is 1. The van der Waals surface area contributed by atoms with Gasteiger partial charge in [0.1, 0.15) is 12.4 Å². The van der Waals surface area contributed by atoms with E-state index in [1.165, 1.54) is 5.54 Å². The third-order valence-corrected chi connectivity index (χ3v) is 6.66. The van der Waals surface area contributed by atoms with Crippen molar-refractivity contribution in [2.45, 2.75) is 51.7 Å². The van der Waals surface area contributed by atoms with Crippen molar-refractivity contribution < 1.29 is 23.2 Å². The molecule has 0 aromatic rings. The van der Waals surface area contributed by atoms with Gasteiger partial charge in [0.2, 0.25) is 0 Å². The lowest BCUT2D eigenvalue weighted by Crippen LogP contribution is -2.29. The van der Waals surface area contributed by atoms with Crippen molar-refractivity contribution in [2.75, 3.05) is 12.4 Å². The van der Waals surface area contributed by atoms with E-state index >= 15 is 0 Å². The highest BCUT2D eigenvalue weighted by Gasteiger charge is 2.33. The van der Waals surface area contributed by atoms with Crippen molar-refractivity contribution in [2.24, 2.45) is 11.1 Å². The Morgan fingerprint density at radius 3 is 2.64 bits per heavy atom. The maximum Gasteiger partial charge on any atom is 0.168 e. The summed E-state index contributed by atoms with van der Waals surface area (Å²) in [6.45, 7) is 5.24. The van der Waals surface area contributed by atoms with E-state index in [1.807, 2.05) is 6.92 Å². The molecule has 0 aliphatic heterocycles. The average molecular weight is 392 g/mol. The summed E-state index contributed by atoms with van der Waals surface area (Å²) in [4.78, 5) is 17.5. The second-order valence-electron chi connectivity index (χ2n) is 6.07. The molecule has 0 heterocycles. The lowest BCUT2D eigenvalue weighted by atomic mass is 9.82. The number of carbonyl (C=O) groups excluding carboxylic acids is 1. The van der Waals surface area contributed by atoms with Crippen LogP contribution in [0.1, 0.15) is 46.5 Å². The summed E-state index contributed by atoms with van der Waals surface area (Å²) in [5, 5.41) is 13.7. The molecule has 0 aromatic heterocycles. The Kier molecular flexibility index (Phi) is 8.65. The van der Waals surface area contributed by atoms with Gasteiger partial charge in [-0.15, -0.1) is 0 Å². The number of ketones is 1. The number of carbonyl (C=O) groups is 1. The van der Waals surface area contributed by atoms with Gasteiger partial charge >= 0.3 is 0 Å². The molecule has 0 saturated heterocycles. The molecule has 142 valence electrons. The molecule has 1 N–H and O–H groups in total. The molecule has 0 aromatic carbocycles. The van der Waals surface area contributed by atoms with Crippen LogP contribution in [-0.2, 0) is 19.5 Å². The van der Waals surface area contributed by atoms with Gasteiger partial charge < -0.3 is 9.94 Å². The van der Waals surface area contributed by atoms with E-state index in [1.54, 1.807) is 19.9 Å². The Morgan fingerprint density at radius 2 is 2.12 bits per heavy atom. The van der Waals surface area contributed by atoms with Gasteiger partial charge in [-0.3, -0.25) is 4.79 Å². The maximum atomic E-state index is 12.5. The van der Waals surface area contributed by atoms with E-state index in [2.05, 4.69) is 5.16 Å². The molecule has 1 aliphatic rings. The lowest BCUT2D eigenvalue weighted by Gasteiger charge is -2.25. The molecule has 1 aliphatic carbocycles. The van der Waals surface area contributed by atoms with Crippen LogP contribution in [0.5, 0.6) is 0 Å². The zero-order valence-electron chi connectivity index (χ0n) is 14.9. The molecule has 0 radical (unpaired) electrons. The largest absolute Gasteiger partial charge is 0.511 e. The van der Waals surface area contributed by atoms with E-state index in [9.17, 15) is 18.3 Å². The number of nitrogens with zero attached hydrogens (tertiary/aromatic N) is 1. The molecule has 0 amide bonds. The molecule has 1 rings (SSSR count). The topological polar surface area (TPSA) is 93.0 Å². The molecule has 2 atom stereocenters. The highest BCUT2D eigenvalue weighted by Crippen LogP contribution is 2.31. The van der Waals surface area contributed by atoms with Crippen LogP contribution in [0.25, 0.3) is 0 Å². The molecule has 0 unspecified atom stereocenters. The smallest absolute Gasteiger partial charge is 0.168 e. The summed E-state index contributed by atoms with van der Waals surface area (Å²) < 4.78 is 23.8. The van der Waals surface area contributed by atoms with Crippen LogP contribution in [0.3, 0.4) is 0 Å². The van der Waals surface area contributed by atoms with E-state index in [-0.39, 0.29) is 48.2 Å². The maximum absolute atomic E-state index is 12.5. The molecule has 0 saturated carbocycles. The van der Waals surface area contributed by atoms with Crippen LogP contribution in [-0.4, -0.2) is 42.6 Å². The standard InChI is InChI=1S/C17H26ClNO5S/c1-4-14(19-24-8-6-7-18)17-15(20)10-13(11-16(17)21)9-12(3)25(22,23)5-2/h6-7,12-13,20H,4-5,8-11H2,1-3H3/b7-6+,19-14-/t12-,13-/m1/s1. The van der Waals surface area contributed by atoms with Gasteiger partial charge in [0, 0.05) is 24.1 Å². The summed E-state index contributed by atoms with van der Waals surface area (Å²) >= 11 is 5.39. The number of Topliss-reactive ketones (excluding diaryl/α,β-unsaturated/α-hetero) is 1. The Balaban J connectivity index is 2.89. The van der Waals surface area contributed by atoms with Gasteiger partial charge in [-0.1, -0.05) is 30.6 Å². The number of hydrogen-bond donors (Lipinski definition) is 1. The number of oxime groups is 1. The van der Waals surface area contributed by atoms with Gasteiger partial charge in [0.15, 0.2) is 15.6 Å². The monoisotopic (exact) mass is 391 g/mol. The van der Waals surface area contributed by atoms with Crippen LogP contribution >= 0.6 is 11.6 Å². The van der Waals surface area contributed by atoms with Gasteiger partial charge in [0.25, 0.3) is 0 Å². The number of aliphatic hydroxyl groups excluding tert-OH is 1. The Morgan fingerprint density at radius 1 is 1.44 bits per heavy atom. The molecule has 0 spiro atoms. The van der Waals surface area contributed by atoms with Gasteiger partial charge in [-0.25, -0.2) is 8.42 Å². The van der Waals surface area contributed by atoms with Crippen LogP contribution < -0.4 is 0 Å². The first-order chi connectivity index (χ1) is 11.8. The van der Waals surface area contributed by atoms with Crippen molar-refractivity contribution in [1.29, 1.82) is 0 Å². The van der Waals surface area contributed by atoms with Crippen molar-refractivity contribution in [3.63, 3.8) is 0 Å². The number of allylic oxidation sites excluding steroid dienone is 2. The van der Waals surface area contributed by atoms with Crippen LogP contribution in [0.15, 0.2) is 28.1 Å². The number of aliphatic hydroxyl groups is 1. The van der Waals surface area contributed by atoms with Crippen molar-refractivity contribution in [3.8, 4) is 0 Å². The molecule has 0 fully saturated rings. The van der Waals surface area contributed by atoms with E-state index in [0.717, 1.165) is 0 Å². The van der Waals surface area contributed by atoms with Gasteiger partial charge in [-0.05, 0) is 31.8 Å². The molecular formula is C17H26ClNO5S. The molecule has 0 bridgehead atoms. The van der Waals surface area contributed by atoms with Crippen molar-refractivity contribution >= 4 is 32.9 Å². The highest BCUT2D eigenvalue weighted by molar-refractivity contribution is 7.91. The molecule has 8 heteroatoms. The second kappa shape index (κ2) is 9.97. The third-order valence-electron chi connectivity index (χ3n) is 4.26. The predicted octanol–water partition coefficient (Wildman–Crippen LogP) is 3.53. The van der Waals surface area contributed by atoms with Crippen LogP contribution in [0.2, 0.25) is 0 Å². The minimum Gasteiger partial charge on any atom is -0.511 e. The minimum absolute atomic E-state index is 0.0422. The van der Waals surface area contributed by atoms with Gasteiger partial charge in [0.05, 0.1) is 16.5 Å². The van der Waals surface area contributed by atoms with Gasteiger partial charge in [-0.2, -0.15) is 0 Å². The fourth-order valence-corrected chi connectivity index (χ4v) is 4.06. The number of hydrogen-bond acceptors (Lipinski definition) is 6.